The molecule has 2 N–H and O–H groups in total. The number of carboxylic acid groups (broad SMARTS) is 1. The summed E-state index contributed by atoms with van der Waals surface area (Å²) in [6, 6.07) is 0. The molecule has 0 rings (SSSR count). The zero-order valence-corrected chi connectivity index (χ0v) is 9.80. The smallest absolute Gasteiger partial charge is 0.318 e. The Morgan fingerprint density at radius 1 is 1.33 bits per heavy atom. The summed E-state index contributed by atoms with van der Waals surface area (Å²) in [7, 11) is 0. The fourth-order valence-electron chi connectivity index (χ4n) is 1.54. The summed E-state index contributed by atoms with van der Waals surface area (Å²) in [6.45, 7) is 6.15. The van der Waals surface area contributed by atoms with Gasteiger partial charge in [0.2, 0.25) is 0 Å². The van der Waals surface area contributed by atoms with E-state index in [0.717, 1.165) is 12.8 Å². The molecule has 0 aromatic heterocycles. The monoisotopic (exact) mass is 215 g/mol. The standard InChI is InChI=1S/C11H21NO3/c1-4-6-7-11(9(3)13,10(14)15)8-12-5-2/h12H,4-8H2,1-3H3,(H,14,15). The number of carbonyl (C=O) groups is 2. The van der Waals surface area contributed by atoms with Gasteiger partial charge in [0.1, 0.15) is 11.2 Å². The van der Waals surface area contributed by atoms with Crippen LogP contribution in [0.3, 0.4) is 0 Å². The van der Waals surface area contributed by atoms with Crippen molar-refractivity contribution in [3.8, 4) is 0 Å². The minimum Gasteiger partial charge on any atom is -0.480 e. The number of hydrogen-bond acceptors (Lipinski definition) is 3. The van der Waals surface area contributed by atoms with Gasteiger partial charge >= 0.3 is 5.97 Å². The van der Waals surface area contributed by atoms with Crippen molar-refractivity contribution in [3.05, 3.63) is 0 Å². The van der Waals surface area contributed by atoms with E-state index < -0.39 is 11.4 Å². The van der Waals surface area contributed by atoms with E-state index in [1.165, 1.54) is 6.92 Å². The molecule has 0 saturated carbocycles. The summed E-state index contributed by atoms with van der Waals surface area (Å²) in [6.07, 6.45) is 2.08. The van der Waals surface area contributed by atoms with Crippen molar-refractivity contribution >= 4 is 11.8 Å². The quantitative estimate of drug-likeness (QED) is 0.601. The Bertz CT molecular complexity index is 202. The lowest BCUT2D eigenvalue weighted by atomic mass is 9.79. The third-order valence-electron chi connectivity index (χ3n) is 2.72. The lowest BCUT2D eigenvalue weighted by Crippen LogP contribution is -2.46. The molecular weight excluding hydrogens is 194 g/mol. The molecule has 4 heteroatoms. The molecule has 88 valence electrons. The van der Waals surface area contributed by atoms with E-state index in [2.05, 4.69) is 5.32 Å². The van der Waals surface area contributed by atoms with Gasteiger partial charge in [-0.05, 0) is 19.9 Å². The summed E-state index contributed by atoms with van der Waals surface area (Å²) in [5, 5.41) is 12.1. The van der Waals surface area contributed by atoms with Crippen molar-refractivity contribution in [3.63, 3.8) is 0 Å². The molecule has 0 heterocycles. The Morgan fingerprint density at radius 3 is 2.27 bits per heavy atom. The van der Waals surface area contributed by atoms with Crippen molar-refractivity contribution in [2.24, 2.45) is 5.41 Å². The predicted molar refractivity (Wildman–Crippen MR) is 58.8 cm³/mol. The van der Waals surface area contributed by atoms with Crippen LogP contribution in [0.25, 0.3) is 0 Å². The molecule has 0 aromatic rings. The number of carbonyl (C=O) groups excluding carboxylic acids is 1. The lowest BCUT2D eigenvalue weighted by Gasteiger charge is -2.26. The minimum absolute atomic E-state index is 0.230. The van der Waals surface area contributed by atoms with Gasteiger partial charge in [-0.25, -0.2) is 0 Å². The lowest BCUT2D eigenvalue weighted by molar-refractivity contribution is -0.154. The predicted octanol–water partition coefficient (Wildman–Crippen LogP) is 1.45. The van der Waals surface area contributed by atoms with Gasteiger partial charge in [-0.15, -0.1) is 0 Å². The van der Waals surface area contributed by atoms with Crippen LogP contribution in [0.15, 0.2) is 0 Å². The summed E-state index contributed by atoms with van der Waals surface area (Å²) >= 11 is 0. The molecule has 0 radical (unpaired) electrons. The van der Waals surface area contributed by atoms with Crippen LogP contribution in [0.4, 0.5) is 0 Å². The highest BCUT2D eigenvalue weighted by molar-refractivity contribution is 6.02. The highest BCUT2D eigenvalue weighted by atomic mass is 16.4. The summed E-state index contributed by atoms with van der Waals surface area (Å²) < 4.78 is 0. The summed E-state index contributed by atoms with van der Waals surface area (Å²) in [5.41, 5.74) is -1.23. The van der Waals surface area contributed by atoms with Crippen molar-refractivity contribution in [2.45, 2.75) is 40.0 Å². The minimum atomic E-state index is -1.23. The first-order valence-electron chi connectivity index (χ1n) is 5.46. The van der Waals surface area contributed by atoms with E-state index in [1.807, 2.05) is 13.8 Å². The van der Waals surface area contributed by atoms with E-state index in [0.29, 0.717) is 13.0 Å². The third kappa shape index (κ3) is 3.63. The van der Waals surface area contributed by atoms with Gasteiger partial charge in [0, 0.05) is 6.54 Å². The van der Waals surface area contributed by atoms with Crippen LogP contribution in [0, 0.1) is 5.41 Å². The second-order valence-corrected chi connectivity index (χ2v) is 3.83. The van der Waals surface area contributed by atoms with Crippen molar-refractivity contribution in [1.29, 1.82) is 0 Å². The Balaban J connectivity index is 4.73. The second-order valence-electron chi connectivity index (χ2n) is 3.83. The molecule has 0 aromatic carbocycles. The Morgan fingerprint density at radius 2 is 1.93 bits per heavy atom. The number of carboxylic acids is 1. The molecule has 0 aliphatic carbocycles. The normalized spacial score (nSPS) is 14.6. The fourth-order valence-corrected chi connectivity index (χ4v) is 1.54. The van der Waals surface area contributed by atoms with Crippen molar-refractivity contribution in [2.75, 3.05) is 13.1 Å². The first-order valence-corrected chi connectivity index (χ1v) is 5.46. The van der Waals surface area contributed by atoms with Crippen molar-refractivity contribution < 1.29 is 14.7 Å². The van der Waals surface area contributed by atoms with E-state index in [4.69, 9.17) is 0 Å². The maximum absolute atomic E-state index is 11.5. The zero-order valence-electron chi connectivity index (χ0n) is 9.80. The number of hydrogen-bond donors (Lipinski definition) is 2. The zero-order chi connectivity index (χ0) is 11.9. The molecule has 15 heavy (non-hydrogen) atoms. The van der Waals surface area contributed by atoms with Gasteiger partial charge in [-0.3, -0.25) is 9.59 Å². The number of rotatable bonds is 8. The molecule has 0 saturated heterocycles. The van der Waals surface area contributed by atoms with E-state index in [9.17, 15) is 14.7 Å². The number of ketones is 1. The molecule has 0 bridgehead atoms. The number of nitrogens with one attached hydrogen (secondary N) is 1. The average Bonchev–Trinajstić information content (AvgIpc) is 2.17. The van der Waals surface area contributed by atoms with Crippen molar-refractivity contribution in [1.82, 2.24) is 5.32 Å². The Kier molecular flexibility index (Phi) is 6.17. The fraction of sp³-hybridized carbons (Fsp3) is 0.818. The van der Waals surface area contributed by atoms with Crippen LogP contribution in [-0.2, 0) is 9.59 Å². The topological polar surface area (TPSA) is 66.4 Å². The average molecular weight is 215 g/mol. The molecule has 1 unspecified atom stereocenters. The van der Waals surface area contributed by atoms with Gasteiger partial charge < -0.3 is 10.4 Å². The maximum atomic E-state index is 11.5. The van der Waals surface area contributed by atoms with Gasteiger partial charge in [0.25, 0.3) is 0 Å². The molecule has 4 nitrogen and oxygen atoms in total. The molecular formula is C11H21NO3. The van der Waals surface area contributed by atoms with Gasteiger partial charge in [-0.2, -0.15) is 0 Å². The molecule has 0 amide bonds. The SMILES string of the molecule is CCCCC(CNCC)(C(C)=O)C(=O)O. The van der Waals surface area contributed by atoms with E-state index >= 15 is 0 Å². The number of unbranched alkanes of at least 4 members (excludes halogenated alkanes) is 1. The molecule has 1 atom stereocenters. The molecule has 0 fully saturated rings. The van der Waals surface area contributed by atoms with Gasteiger partial charge in [-0.1, -0.05) is 26.7 Å². The number of Topliss-reactive ketones (excluding diaryl/α,β-unsaturated/α-hetero) is 1. The van der Waals surface area contributed by atoms with Crippen LogP contribution in [0.1, 0.15) is 40.0 Å². The summed E-state index contributed by atoms with van der Waals surface area (Å²) in [4.78, 5) is 22.7. The summed E-state index contributed by atoms with van der Waals surface area (Å²) in [5.74, 6) is -1.27. The molecule has 0 aliphatic heterocycles. The molecule has 0 aliphatic rings. The van der Waals surface area contributed by atoms with Crippen LogP contribution < -0.4 is 5.32 Å². The van der Waals surface area contributed by atoms with E-state index in [1.54, 1.807) is 0 Å². The first-order chi connectivity index (χ1) is 7.01. The first kappa shape index (κ1) is 14.1. The Labute approximate surface area is 91.1 Å². The van der Waals surface area contributed by atoms with Crippen LogP contribution in [0.5, 0.6) is 0 Å². The number of aliphatic carboxylic acids is 1. The third-order valence-corrected chi connectivity index (χ3v) is 2.72. The van der Waals surface area contributed by atoms with E-state index in [-0.39, 0.29) is 12.3 Å². The van der Waals surface area contributed by atoms with Crippen LogP contribution in [0.2, 0.25) is 0 Å². The largest absolute Gasteiger partial charge is 0.480 e. The maximum Gasteiger partial charge on any atom is 0.318 e. The Hall–Kier alpha value is -0.900. The van der Waals surface area contributed by atoms with Gasteiger partial charge in [0.15, 0.2) is 0 Å². The second kappa shape index (κ2) is 6.56. The molecule has 0 spiro atoms. The highest BCUT2D eigenvalue weighted by Crippen LogP contribution is 2.26. The highest BCUT2D eigenvalue weighted by Gasteiger charge is 2.42. The van der Waals surface area contributed by atoms with Crippen LogP contribution >= 0.6 is 0 Å². The van der Waals surface area contributed by atoms with Gasteiger partial charge in [0.05, 0.1) is 0 Å². The van der Waals surface area contributed by atoms with Crippen LogP contribution in [-0.4, -0.2) is 29.9 Å².